The van der Waals surface area contributed by atoms with E-state index >= 15 is 0 Å². The van der Waals surface area contributed by atoms with Gasteiger partial charge < -0.3 is 10.6 Å². The second-order valence-electron chi connectivity index (χ2n) is 4.68. The Balaban J connectivity index is 1.46. The lowest BCUT2D eigenvalue weighted by Gasteiger charge is -2.14. The minimum atomic E-state index is 0.131. The summed E-state index contributed by atoms with van der Waals surface area (Å²) >= 11 is 0. The molecule has 0 atom stereocenters. The maximum absolute atomic E-state index is 10.9. The monoisotopic (exact) mass is 240 g/mol. The van der Waals surface area contributed by atoms with Gasteiger partial charge in [0.2, 0.25) is 11.8 Å². The summed E-state index contributed by atoms with van der Waals surface area (Å²) in [5.41, 5.74) is 0. The number of carbonyl (C=O) groups is 2. The SMILES string of the molecule is O=C1CN(CCCCCN2CNC(=O)C2)CN1. The minimum Gasteiger partial charge on any atom is -0.342 e. The third kappa shape index (κ3) is 3.98. The van der Waals surface area contributed by atoms with Crippen molar-refractivity contribution in [2.24, 2.45) is 0 Å². The zero-order valence-corrected chi connectivity index (χ0v) is 10.1. The van der Waals surface area contributed by atoms with Gasteiger partial charge in [0.1, 0.15) is 0 Å². The van der Waals surface area contributed by atoms with Crippen molar-refractivity contribution >= 4 is 11.8 Å². The van der Waals surface area contributed by atoms with Crippen LogP contribution in [0.4, 0.5) is 0 Å². The van der Waals surface area contributed by atoms with Crippen LogP contribution in [0.1, 0.15) is 19.3 Å². The van der Waals surface area contributed by atoms with Crippen LogP contribution in [0.5, 0.6) is 0 Å². The lowest BCUT2D eigenvalue weighted by molar-refractivity contribution is -0.119. The van der Waals surface area contributed by atoms with E-state index in [0.29, 0.717) is 26.4 Å². The van der Waals surface area contributed by atoms with Crippen molar-refractivity contribution in [1.29, 1.82) is 0 Å². The van der Waals surface area contributed by atoms with Gasteiger partial charge in [-0.2, -0.15) is 0 Å². The van der Waals surface area contributed by atoms with Crippen LogP contribution in [-0.4, -0.2) is 61.1 Å². The number of hydrogen-bond donors (Lipinski definition) is 2. The summed E-state index contributed by atoms with van der Waals surface area (Å²) in [6.07, 6.45) is 3.38. The van der Waals surface area contributed by atoms with Crippen molar-refractivity contribution in [1.82, 2.24) is 20.4 Å². The van der Waals surface area contributed by atoms with E-state index in [1.54, 1.807) is 0 Å². The molecule has 6 heteroatoms. The van der Waals surface area contributed by atoms with Crippen molar-refractivity contribution in [2.75, 3.05) is 39.5 Å². The molecule has 2 fully saturated rings. The van der Waals surface area contributed by atoms with Crippen molar-refractivity contribution in [3.63, 3.8) is 0 Å². The van der Waals surface area contributed by atoms with Crippen LogP contribution < -0.4 is 10.6 Å². The van der Waals surface area contributed by atoms with E-state index in [9.17, 15) is 9.59 Å². The molecule has 0 bridgehead atoms. The summed E-state index contributed by atoms with van der Waals surface area (Å²) in [7, 11) is 0. The fourth-order valence-corrected chi connectivity index (χ4v) is 2.19. The average Bonchev–Trinajstić information content (AvgIpc) is 2.88. The Kier molecular flexibility index (Phi) is 4.33. The lowest BCUT2D eigenvalue weighted by Crippen LogP contribution is -2.24. The van der Waals surface area contributed by atoms with Crippen molar-refractivity contribution < 1.29 is 9.59 Å². The van der Waals surface area contributed by atoms with E-state index in [-0.39, 0.29) is 11.8 Å². The summed E-state index contributed by atoms with van der Waals surface area (Å²) in [5, 5.41) is 5.59. The van der Waals surface area contributed by atoms with Crippen molar-refractivity contribution in [2.45, 2.75) is 19.3 Å². The molecule has 0 unspecified atom stereocenters. The smallest absolute Gasteiger partial charge is 0.235 e. The summed E-state index contributed by atoms with van der Waals surface area (Å²) in [6, 6.07) is 0. The molecule has 6 nitrogen and oxygen atoms in total. The van der Waals surface area contributed by atoms with Gasteiger partial charge in [-0.05, 0) is 12.8 Å². The first-order chi connectivity index (χ1) is 8.24. The third-order valence-electron chi connectivity index (χ3n) is 3.18. The lowest BCUT2D eigenvalue weighted by atomic mass is 10.2. The number of nitrogens with one attached hydrogen (secondary N) is 2. The molecule has 2 N–H and O–H groups in total. The van der Waals surface area contributed by atoms with E-state index in [2.05, 4.69) is 20.4 Å². The quantitative estimate of drug-likeness (QED) is 0.581. The first-order valence-electron chi connectivity index (χ1n) is 6.22. The average molecular weight is 240 g/mol. The standard InChI is InChI=1S/C11H20N4O2/c16-10-6-14(8-12-10)4-2-1-3-5-15-7-11(17)13-9-15/h1-9H2,(H,12,16)(H,13,17). The highest BCUT2D eigenvalue weighted by Crippen LogP contribution is 2.03. The fraction of sp³-hybridized carbons (Fsp3) is 0.818. The van der Waals surface area contributed by atoms with Crippen LogP contribution in [-0.2, 0) is 9.59 Å². The zero-order chi connectivity index (χ0) is 12.1. The molecule has 2 heterocycles. The molecular formula is C11H20N4O2. The molecule has 0 aromatic carbocycles. The minimum absolute atomic E-state index is 0.131. The Morgan fingerprint density at radius 1 is 0.824 bits per heavy atom. The van der Waals surface area contributed by atoms with Gasteiger partial charge in [0, 0.05) is 13.1 Å². The molecule has 2 rings (SSSR count). The van der Waals surface area contributed by atoms with E-state index in [1.165, 1.54) is 0 Å². The number of rotatable bonds is 6. The van der Waals surface area contributed by atoms with Gasteiger partial charge in [0.05, 0.1) is 26.4 Å². The Labute approximate surface area is 101 Å². The van der Waals surface area contributed by atoms with Crippen LogP contribution in [0.15, 0.2) is 0 Å². The second-order valence-corrected chi connectivity index (χ2v) is 4.68. The van der Waals surface area contributed by atoms with E-state index < -0.39 is 0 Å². The van der Waals surface area contributed by atoms with Gasteiger partial charge >= 0.3 is 0 Å². The van der Waals surface area contributed by atoms with E-state index in [1.807, 2.05) is 0 Å². The maximum atomic E-state index is 10.9. The fourth-order valence-electron chi connectivity index (χ4n) is 2.19. The van der Waals surface area contributed by atoms with Crippen LogP contribution in [0.2, 0.25) is 0 Å². The van der Waals surface area contributed by atoms with Gasteiger partial charge in [-0.15, -0.1) is 0 Å². The zero-order valence-electron chi connectivity index (χ0n) is 10.1. The molecule has 0 spiro atoms. The topological polar surface area (TPSA) is 64.7 Å². The first-order valence-corrected chi connectivity index (χ1v) is 6.22. The van der Waals surface area contributed by atoms with Gasteiger partial charge in [0.15, 0.2) is 0 Å². The van der Waals surface area contributed by atoms with Crippen LogP contribution >= 0.6 is 0 Å². The third-order valence-corrected chi connectivity index (χ3v) is 3.18. The molecule has 2 aliphatic rings. The molecule has 17 heavy (non-hydrogen) atoms. The van der Waals surface area contributed by atoms with Gasteiger partial charge in [-0.3, -0.25) is 19.4 Å². The number of hydrogen-bond acceptors (Lipinski definition) is 4. The van der Waals surface area contributed by atoms with Crippen molar-refractivity contribution in [3.05, 3.63) is 0 Å². The maximum Gasteiger partial charge on any atom is 0.235 e. The highest BCUT2D eigenvalue weighted by Gasteiger charge is 2.18. The predicted octanol–water partition coefficient (Wildman–Crippen LogP) is -1.06. The van der Waals surface area contributed by atoms with Crippen LogP contribution in [0.3, 0.4) is 0 Å². The second kappa shape index (κ2) is 5.97. The van der Waals surface area contributed by atoms with Crippen LogP contribution in [0, 0.1) is 0 Å². The molecule has 0 saturated carbocycles. The molecule has 0 aromatic heterocycles. The van der Waals surface area contributed by atoms with E-state index in [0.717, 1.165) is 32.4 Å². The molecule has 0 aromatic rings. The number of unbranched alkanes of at least 4 members (excludes halogenated alkanes) is 2. The molecule has 2 saturated heterocycles. The van der Waals surface area contributed by atoms with E-state index in [4.69, 9.17) is 0 Å². The highest BCUT2D eigenvalue weighted by molar-refractivity contribution is 5.80. The molecule has 2 aliphatic heterocycles. The Morgan fingerprint density at radius 2 is 1.29 bits per heavy atom. The normalized spacial score (nSPS) is 21.9. The molecule has 0 radical (unpaired) electrons. The Hall–Kier alpha value is -1.14. The highest BCUT2D eigenvalue weighted by atomic mass is 16.2. The predicted molar refractivity (Wildman–Crippen MR) is 63.0 cm³/mol. The number of amides is 2. The summed E-state index contributed by atoms with van der Waals surface area (Å²) in [5.74, 6) is 0.262. The van der Waals surface area contributed by atoms with Crippen LogP contribution in [0.25, 0.3) is 0 Å². The Bertz CT molecular complexity index is 267. The largest absolute Gasteiger partial charge is 0.342 e. The molecule has 2 amide bonds. The summed E-state index contributed by atoms with van der Waals surface area (Å²) in [4.78, 5) is 26.2. The molecule has 96 valence electrons. The van der Waals surface area contributed by atoms with Gasteiger partial charge in [0.25, 0.3) is 0 Å². The van der Waals surface area contributed by atoms with Gasteiger partial charge in [-0.25, -0.2) is 0 Å². The molecular weight excluding hydrogens is 220 g/mol. The Morgan fingerprint density at radius 3 is 1.65 bits per heavy atom. The summed E-state index contributed by atoms with van der Waals surface area (Å²) in [6.45, 7) is 4.45. The molecule has 0 aliphatic carbocycles. The van der Waals surface area contributed by atoms with Crippen molar-refractivity contribution in [3.8, 4) is 0 Å². The number of nitrogens with zero attached hydrogens (tertiary/aromatic N) is 2. The number of carbonyl (C=O) groups excluding carboxylic acids is 2. The van der Waals surface area contributed by atoms with Gasteiger partial charge in [-0.1, -0.05) is 6.42 Å². The summed E-state index contributed by atoms with van der Waals surface area (Å²) < 4.78 is 0. The first kappa shape index (κ1) is 12.3.